The lowest BCUT2D eigenvalue weighted by Gasteiger charge is -2.17. The van der Waals surface area contributed by atoms with Crippen LogP contribution in [-0.4, -0.2) is 40.5 Å². The summed E-state index contributed by atoms with van der Waals surface area (Å²) < 4.78 is 11.1. The molecule has 0 saturated heterocycles. The van der Waals surface area contributed by atoms with Crippen molar-refractivity contribution in [1.29, 1.82) is 0 Å². The highest BCUT2D eigenvalue weighted by Gasteiger charge is 2.29. The van der Waals surface area contributed by atoms with Crippen LogP contribution in [0.1, 0.15) is 51.9 Å². The van der Waals surface area contributed by atoms with Crippen LogP contribution in [0.4, 0.5) is 0 Å². The first-order valence-corrected chi connectivity index (χ1v) is 10.4. The van der Waals surface area contributed by atoms with Gasteiger partial charge in [-0.05, 0) is 26.3 Å². The number of thiophene rings is 1. The maximum absolute atomic E-state index is 13.3. The fourth-order valence-electron chi connectivity index (χ4n) is 3.17. The van der Waals surface area contributed by atoms with E-state index in [0.29, 0.717) is 16.0 Å². The molecule has 8 nitrogen and oxygen atoms in total. The zero-order valence-corrected chi connectivity index (χ0v) is 18.4. The van der Waals surface area contributed by atoms with E-state index in [2.05, 4.69) is 4.98 Å². The molecule has 2 heterocycles. The van der Waals surface area contributed by atoms with Crippen LogP contribution in [0.2, 0.25) is 0 Å². The predicted octanol–water partition coefficient (Wildman–Crippen LogP) is 3.32. The second kappa shape index (κ2) is 9.22. The maximum Gasteiger partial charge on any atom is 0.348 e. The van der Waals surface area contributed by atoms with Crippen molar-refractivity contribution in [3.63, 3.8) is 0 Å². The van der Waals surface area contributed by atoms with Gasteiger partial charge in [0.1, 0.15) is 15.7 Å². The van der Waals surface area contributed by atoms with Crippen molar-refractivity contribution in [2.45, 2.75) is 39.3 Å². The van der Waals surface area contributed by atoms with E-state index >= 15 is 0 Å². The summed E-state index contributed by atoms with van der Waals surface area (Å²) >= 11 is 1.06. The largest absolute Gasteiger partial charge is 0.469 e. The van der Waals surface area contributed by atoms with Crippen molar-refractivity contribution in [2.75, 3.05) is 7.11 Å². The Hall–Kier alpha value is -3.33. The maximum atomic E-state index is 13.3. The van der Waals surface area contributed by atoms with Crippen LogP contribution in [0, 0.1) is 6.92 Å². The van der Waals surface area contributed by atoms with Crippen molar-refractivity contribution in [2.24, 2.45) is 0 Å². The third-order valence-electron chi connectivity index (χ3n) is 4.69. The first-order valence-electron chi connectivity index (χ1n) is 9.61. The van der Waals surface area contributed by atoms with Crippen LogP contribution in [-0.2, 0) is 14.3 Å². The molecular formula is C22H22N2O6S. The standard InChI is InChI=1S/C22H22N2O6S/c1-12(2)30-22(28)19-13(3)17-20(31-19)23-11-24(21(17)27)15(10-16(25)29-4)18(26)14-8-6-5-7-9-14/h5-9,11-12,15H,10H2,1-4H3. The van der Waals surface area contributed by atoms with Gasteiger partial charge in [-0.25, -0.2) is 9.78 Å². The molecular weight excluding hydrogens is 420 g/mol. The number of benzene rings is 1. The summed E-state index contributed by atoms with van der Waals surface area (Å²) in [5, 5.41) is 0.221. The lowest BCUT2D eigenvalue weighted by molar-refractivity contribution is -0.141. The topological polar surface area (TPSA) is 105 Å². The lowest BCUT2D eigenvalue weighted by atomic mass is 10.0. The Kier molecular flexibility index (Phi) is 6.65. The third kappa shape index (κ3) is 4.56. The molecule has 0 N–H and O–H groups in total. The van der Waals surface area contributed by atoms with Crippen LogP contribution in [0.5, 0.6) is 0 Å². The number of nitrogens with zero attached hydrogens (tertiary/aromatic N) is 2. The van der Waals surface area contributed by atoms with E-state index in [-0.39, 0.29) is 22.8 Å². The second-order valence-corrected chi connectivity index (χ2v) is 8.17. The number of ether oxygens (including phenoxy) is 2. The normalized spacial score (nSPS) is 12.0. The fraction of sp³-hybridized carbons (Fsp3) is 0.318. The first-order chi connectivity index (χ1) is 14.7. The Labute approximate surface area is 182 Å². The number of Topliss-reactive ketones (excluding diaryl/α,β-unsaturated/α-hetero) is 1. The monoisotopic (exact) mass is 442 g/mol. The Morgan fingerprint density at radius 2 is 1.84 bits per heavy atom. The molecule has 1 atom stereocenters. The molecule has 0 fully saturated rings. The molecule has 2 aromatic heterocycles. The van der Waals surface area contributed by atoms with Gasteiger partial charge in [0.2, 0.25) is 0 Å². The number of hydrogen-bond acceptors (Lipinski definition) is 8. The summed E-state index contributed by atoms with van der Waals surface area (Å²) in [6.07, 6.45) is 0.588. The van der Waals surface area contributed by atoms with Gasteiger partial charge < -0.3 is 9.47 Å². The summed E-state index contributed by atoms with van der Waals surface area (Å²) in [6.45, 7) is 5.11. The van der Waals surface area contributed by atoms with E-state index in [1.807, 2.05) is 0 Å². The van der Waals surface area contributed by atoms with E-state index < -0.39 is 29.3 Å². The Morgan fingerprint density at radius 1 is 1.16 bits per heavy atom. The quantitative estimate of drug-likeness (QED) is 0.408. The van der Waals surface area contributed by atoms with E-state index in [4.69, 9.17) is 9.47 Å². The van der Waals surface area contributed by atoms with Crippen LogP contribution < -0.4 is 5.56 Å². The van der Waals surface area contributed by atoms with Crippen molar-refractivity contribution in [3.8, 4) is 0 Å². The number of carbonyl (C=O) groups is 3. The van der Waals surface area contributed by atoms with Crippen LogP contribution >= 0.6 is 11.3 Å². The van der Waals surface area contributed by atoms with E-state index in [1.165, 1.54) is 13.4 Å². The average Bonchev–Trinajstić information content (AvgIpc) is 3.09. The molecule has 3 aromatic rings. The summed E-state index contributed by atoms with van der Waals surface area (Å²) in [5.41, 5.74) is 0.272. The first kappa shape index (κ1) is 22.4. The predicted molar refractivity (Wildman–Crippen MR) is 116 cm³/mol. The summed E-state index contributed by atoms with van der Waals surface area (Å²) in [4.78, 5) is 55.8. The molecule has 0 bridgehead atoms. The van der Waals surface area contributed by atoms with Crippen LogP contribution in [0.3, 0.4) is 0 Å². The number of ketones is 1. The molecule has 1 aromatic carbocycles. The fourth-order valence-corrected chi connectivity index (χ4v) is 4.20. The van der Waals surface area contributed by atoms with Gasteiger partial charge in [0, 0.05) is 5.56 Å². The molecule has 0 aliphatic rings. The average molecular weight is 442 g/mol. The van der Waals surface area contributed by atoms with E-state index in [1.54, 1.807) is 51.1 Å². The highest BCUT2D eigenvalue weighted by molar-refractivity contribution is 7.20. The summed E-state index contributed by atoms with van der Waals surface area (Å²) in [5.74, 6) is -1.58. The molecule has 9 heteroatoms. The van der Waals surface area contributed by atoms with Crippen molar-refractivity contribution in [3.05, 3.63) is 63.0 Å². The molecule has 0 aliphatic carbocycles. The Bertz CT molecular complexity index is 1200. The number of fused-ring (bicyclic) bond motifs is 1. The summed E-state index contributed by atoms with van der Waals surface area (Å²) in [7, 11) is 1.21. The van der Waals surface area contributed by atoms with E-state index in [9.17, 15) is 19.2 Å². The number of carbonyl (C=O) groups excluding carboxylic acids is 3. The van der Waals surface area contributed by atoms with Gasteiger partial charge in [-0.15, -0.1) is 11.3 Å². The molecule has 1 unspecified atom stereocenters. The van der Waals surface area contributed by atoms with Gasteiger partial charge in [-0.2, -0.15) is 0 Å². The van der Waals surface area contributed by atoms with Gasteiger partial charge >= 0.3 is 11.9 Å². The number of esters is 2. The number of hydrogen-bond donors (Lipinski definition) is 0. The van der Waals surface area contributed by atoms with Crippen molar-refractivity contribution >= 4 is 39.3 Å². The molecule has 0 radical (unpaired) electrons. The van der Waals surface area contributed by atoms with Gasteiger partial charge in [-0.1, -0.05) is 30.3 Å². The third-order valence-corrected chi connectivity index (χ3v) is 5.87. The van der Waals surface area contributed by atoms with E-state index in [0.717, 1.165) is 15.9 Å². The molecule has 31 heavy (non-hydrogen) atoms. The molecule has 3 rings (SSSR count). The molecule has 0 aliphatic heterocycles. The minimum atomic E-state index is -1.13. The van der Waals surface area contributed by atoms with Crippen molar-refractivity contribution < 1.29 is 23.9 Å². The molecule has 0 amide bonds. The number of aromatic nitrogens is 2. The number of aryl methyl sites for hydroxylation is 1. The van der Waals surface area contributed by atoms with Gasteiger partial charge in [0.05, 0.1) is 31.3 Å². The van der Waals surface area contributed by atoms with Gasteiger partial charge in [0.15, 0.2) is 5.78 Å². The molecule has 0 spiro atoms. The molecule has 0 saturated carbocycles. The van der Waals surface area contributed by atoms with Gasteiger partial charge in [0.25, 0.3) is 5.56 Å². The minimum absolute atomic E-state index is 0.221. The number of rotatable bonds is 7. The zero-order valence-electron chi connectivity index (χ0n) is 17.6. The Balaban J connectivity index is 2.13. The smallest absolute Gasteiger partial charge is 0.348 e. The highest BCUT2D eigenvalue weighted by atomic mass is 32.1. The highest BCUT2D eigenvalue weighted by Crippen LogP contribution is 2.29. The number of methoxy groups -OCH3 is 1. The lowest BCUT2D eigenvalue weighted by Crippen LogP contribution is -2.32. The van der Waals surface area contributed by atoms with Crippen molar-refractivity contribution in [1.82, 2.24) is 9.55 Å². The molecule has 162 valence electrons. The second-order valence-electron chi connectivity index (χ2n) is 7.17. The van der Waals surface area contributed by atoms with Crippen LogP contribution in [0.15, 0.2) is 41.5 Å². The summed E-state index contributed by atoms with van der Waals surface area (Å²) in [6, 6.07) is 7.24. The van der Waals surface area contributed by atoms with Crippen LogP contribution in [0.25, 0.3) is 10.2 Å². The van der Waals surface area contributed by atoms with Gasteiger partial charge in [-0.3, -0.25) is 19.0 Å². The minimum Gasteiger partial charge on any atom is -0.469 e. The Morgan fingerprint density at radius 3 is 2.45 bits per heavy atom. The SMILES string of the molecule is COC(=O)CC(C(=O)c1ccccc1)n1cnc2sc(C(=O)OC(C)C)c(C)c2c1=O. The zero-order chi connectivity index (χ0) is 22.7.